The summed E-state index contributed by atoms with van der Waals surface area (Å²) in [4.78, 5) is 21.4. The van der Waals surface area contributed by atoms with Gasteiger partial charge in [0, 0.05) is 25.6 Å². The van der Waals surface area contributed by atoms with E-state index in [4.69, 9.17) is 9.73 Å². The number of hydrogen-bond donors (Lipinski definition) is 0. The van der Waals surface area contributed by atoms with E-state index < -0.39 is 5.54 Å². The Morgan fingerprint density at radius 3 is 2.20 bits per heavy atom. The van der Waals surface area contributed by atoms with Gasteiger partial charge in [-0.2, -0.15) is 0 Å². The van der Waals surface area contributed by atoms with Gasteiger partial charge in [0.1, 0.15) is 5.84 Å². The van der Waals surface area contributed by atoms with Crippen molar-refractivity contribution >= 4 is 11.7 Å². The monoisotopic (exact) mass is 345 g/mol. The number of likely N-dealkylation sites (N-methyl/N-ethyl adjacent to an activating group) is 2. The Hall–Kier alpha value is -1.72. The van der Waals surface area contributed by atoms with E-state index in [0.29, 0.717) is 6.54 Å². The Morgan fingerprint density at radius 2 is 1.80 bits per heavy atom. The number of carbonyl (C=O) groups is 1. The number of morpholine rings is 1. The van der Waals surface area contributed by atoms with Crippen LogP contribution in [-0.4, -0.2) is 61.4 Å². The molecule has 0 bridgehead atoms. The van der Waals surface area contributed by atoms with Crippen LogP contribution in [0.15, 0.2) is 35.3 Å². The van der Waals surface area contributed by atoms with Gasteiger partial charge in [-0.25, -0.2) is 0 Å². The lowest BCUT2D eigenvalue weighted by Gasteiger charge is -2.22. The number of hydrogen-bond acceptors (Lipinski definition) is 4. The number of amides is 1. The van der Waals surface area contributed by atoms with Crippen molar-refractivity contribution in [3.8, 4) is 0 Å². The van der Waals surface area contributed by atoms with E-state index >= 15 is 0 Å². The van der Waals surface area contributed by atoms with Crippen LogP contribution < -0.4 is 0 Å². The molecule has 0 aliphatic carbocycles. The average molecular weight is 345 g/mol. The van der Waals surface area contributed by atoms with Gasteiger partial charge in [0.05, 0.1) is 13.2 Å². The van der Waals surface area contributed by atoms with Crippen molar-refractivity contribution in [1.82, 2.24) is 9.80 Å². The van der Waals surface area contributed by atoms with Crippen molar-refractivity contribution in [2.24, 2.45) is 10.9 Å². The molecule has 25 heavy (non-hydrogen) atoms. The standard InChI is InChI=1S/C15H20N2O.C5H11NO/c1-5-17-13(11(2)3)16-15(4,14(17)18)12-9-7-6-8-10-12;1-6-2-4-7-5-3-6/h6-11H,5H2,1-4H3;2-5H2,1H3. The molecule has 1 fully saturated rings. The lowest BCUT2D eigenvalue weighted by molar-refractivity contribution is -0.130. The molecule has 0 aromatic heterocycles. The smallest absolute Gasteiger partial charge is 0.260 e. The fourth-order valence-corrected chi connectivity index (χ4v) is 3.06. The molecule has 0 N–H and O–H groups in total. The quantitative estimate of drug-likeness (QED) is 0.846. The molecule has 5 nitrogen and oxygen atoms in total. The first-order chi connectivity index (χ1) is 11.9. The van der Waals surface area contributed by atoms with Crippen LogP contribution in [0.2, 0.25) is 0 Å². The molecule has 2 aliphatic heterocycles. The summed E-state index contributed by atoms with van der Waals surface area (Å²) in [5.41, 5.74) is 0.209. The van der Waals surface area contributed by atoms with Gasteiger partial charge in [0.25, 0.3) is 5.91 Å². The highest BCUT2D eigenvalue weighted by molar-refractivity contribution is 6.08. The number of amidine groups is 1. The number of nitrogens with zero attached hydrogens (tertiary/aromatic N) is 3. The van der Waals surface area contributed by atoms with E-state index in [0.717, 1.165) is 37.7 Å². The Kier molecular flexibility index (Phi) is 6.73. The summed E-state index contributed by atoms with van der Waals surface area (Å²) >= 11 is 0. The molecule has 2 aliphatic rings. The van der Waals surface area contributed by atoms with Crippen molar-refractivity contribution in [3.05, 3.63) is 35.9 Å². The Bertz CT molecular complexity index is 594. The maximum absolute atomic E-state index is 12.6. The van der Waals surface area contributed by atoms with Crippen LogP contribution in [0.5, 0.6) is 0 Å². The summed E-state index contributed by atoms with van der Waals surface area (Å²) in [6.07, 6.45) is 0. The highest BCUT2D eigenvalue weighted by atomic mass is 16.5. The van der Waals surface area contributed by atoms with Gasteiger partial charge < -0.3 is 9.64 Å². The van der Waals surface area contributed by atoms with Crippen LogP contribution in [0.3, 0.4) is 0 Å². The maximum atomic E-state index is 12.6. The third kappa shape index (κ3) is 4.47. The average Bonchev–Trinajstić information content (AvgIpc) is 2.89. The highest BCUT2D eigenvalue weighted by Gasteiger charge is 2.45. The predicted molar refractivity (Wildman–Crippen MR) is 102 cm³/mol. The minimum absolute atomic E-state index is 0.0832. The SMILES string of the molecule is CCN1C(=O)C(C)(c2ccccc2)N=C1C(C)C.CN1CCOCC1. The Morgan fingerprint density at radius 1 is 1.20 bits per heavy atom. The summed E-state index contributed by atoms with van der Waals surface area (Å²) in [6, 6.07) is 9.80. The van der Waals surface area contributed by atoms with E-state index in [1.54, 1.807) is 4.90 Å². The van der Waals surface area contributed by atoms with Crippen LogP contribution in [0.1, 0.15) is 33.3 Å². The molecule has 1 saturated heterocycles. The van der Waals surface area contributed by atoms with Gasteiger partial charge in [-0.05, 0) is 26.5 Å². The zero-order valence-corrected chi connectivity index (χ0v) is 16.2. The Labute approximate surface area is 151 Å². The first kappa shape index (κ1) is 19.6. The number of rotatable bonds is 3. The van der Waals surface area contributed by atoms with Crippen LogP contribution in [0, 0.1) is 5.92 Å². The second-order valence-corrected chi connectivity index (χ2v) is 7.03. The third-order valence-electron chi connectivity index (χ3n) is 4.68. The summed E-state index contributed by atoms with van der Waals surface area (Å²) in [5.74, 6) is 1.24. The summed E-state index contributed by atoms with van der Waals surface area (Å²) in [6.45, 7) is 12.7. The molecule has 3 rings (SSSR count). The lowest BCUT2D eigenvalue weighted by atomic mass is 9.92. The first-order valence-electron chi connectivity index (χ1n) is 9.13. The molecule has 5 heteroatoms. The molecule has 1 atom stereocenters. The molecule has 2 heterocycles. The van der Waals surface area contributed by atoms with Crippen LogP contribution in [-0.2, 0) is 15.1 Å². The van der Waals surface area contributed by atoms with E-state index in [2.05, 4.69) is 25.8 Å². The molecular formula is C20H31N3O2. The van der Waals surface area contributed by atoms with Crippen LogP contribution in [0.25, 0.3) is 0 Å². The molecule has 138 valence electrons. The largest absolute Gasteiger partial charge is 0.379 e. The fraction of sp³-hybridized carbons (Fsp3) is 0.600. The second-order valence-electron chi connectivity index (χ2n) is 7.03. The van der Waals surface area contributed by atoms with E-state index in [1.165, 1.54) is 0 Å². The van der Waals surface area contributed by atoms with Crippen LogP contribution in [0.4, 0.5) is 0 Å². The van der Waals surface area contributed by atoms with Gasteiger partial charge in [-0.1, -0.05) is 44.2 Å². The zero-order valence-electron chi connectivity index (χ0n) is 16.2. The lowest BCUT2D eigenvalue weighted by Crippen LogP contribution is -2.40. The number of aliphatic imine (C=N–C) groups is 1. The molecule has 1 unspecified atom stereocenters. The molecule has 1 aromatic carbocycles. The van der Waals surface area contributed by atoms with Crippen molar-refractivity contribution in [2.45, 2.75) is 33.2 Å². The van der Waals surface area contributed by atoms with Crippen LogP contribution >= 0.6 is 0 Å². The van der Waals surface area contributed by atoms with E-state index in [1.807, 2.05) is 44.2 Å². The summed E-state index contributed by atoms with van der Waals surface area (Å²) < 4.78 is 5.10. The van der Waals surface area contributed by atoms with Crippen molar-refractivity contribution in [3.63, 3.8) is 0 Å². The topological polar surface area (TPSA) is 45.1 Å². The first-order valence-corrected chi connectivity index (χ1v) is 9.13. The van der Waals surface area contributed by atoms with Crippen molar-refractivity contribution < 1.29 is 9.53 Å². The molecule has 1 amide bonds. The molecule has 0 radical (unpaired) electrons. The summed E-state index contributed by atoms with van der Waals surface area (Å²) in [7, 11) is 2.11. The predicted octanol–water partition coefficient (Wildman–Crippen LogP) is 2.77. The van der Waals surface area contributed by atoms with Gasteiger partial charge in [0.15, 0.2) is 5.54 Å². The minimum atomic E-state index is -0.753. The van der Waals surface area contributed by atoms with Gasteiger partial charge in [-0.3, -0.25) is 14.7 Å². The normalized spacial score (nSPS) is 24.2. The minimum Gasteiger partial charge on any atom is -0.379 e. The highest BCUT2D eigenvalue weighted by Crippen LogP contribution is 2.34. The van der Waals surface area contributed by atoms with E-state index in [-0.39, 0.29) is 11.8 Å². The molecule has 0 saturated carbocycles. The molecular weight excluding hydrogens is 314 g/mol. The Balaban J connectivity index is 0.000000269. The van der Waals surface area contributed by atoms with Gasteiger partial charge >= 0.3 is 0 Å². The van der Waals surface area contributed by atoms with E-state index in [9.17, 15) is 4.79 Å². The maximum Gasteiger partial charge on any atom is 0.260 e. The van der Waals surface area contributed by atoms with Crippen molar-refractivity contribution in [1.29, 1.82) is 0 Å². The molecule has 1 aromatic rings. The molecule has 0 spiro atoms. The number of benzene rings is 1. The zero-order chi connectivity index (χ0) is 18.4. The van der Waals surface area contributed by atoms with Gasteiger partial charge in [-0.15, -0.1) is 0 Å². The van der Waals surface area contributed by atoms with Gasteiger partial charge in [0.2, 0.25) is 0 Å². The number of ether oxygens (including phenoxy) is 1. The fourth-order valence-electron chi connectivity index (χ4n) is 3.06. The summed E-state index contributed by atoms with van der Waals surface area (Å²) in [5, 5.41) is 0. The number of carbonyl (C=O) groups excluding carboxylic acids is 1. The van der Waals surface area contributed by atoms with Crippen molar-refractivity contribution in [2.75, 3.05) is 39.9 Å². The third-order valence-corrected chi connectivity index (χ3v) is 4.68. The second kappa shape index (κ2) is 8.59.